The van der Waals surface area contributed by atoms with Gasteiger partial charge in [-0.3, -0.25) is 9.59 Å². The summed E-state index contributed by atoms with van der Waals surface area (Å²) in [5.41, 5.74) is 2.65. The van der Waals surface area contributed by atoms with E-state index in [1.165, 1.54) is 0 Å². The Labute approximate surface area is 211 Å². The normalized spacial score (nSPS) is 26.8. The Kier molecular flexibility index (Phi) is 7.55. The van der Waals surface area contributed by atoms with Crippen molar-refractivity contribution in [1.82, 2.24) is 5.32 Å². The number of aliphatic hydroxyl groups excluding tert-OH is 1. The van der Waals surface area contributed by atoms with Crippen LogP contribution in [-0.2, 0) is 19.1 Å². The van der Waals surface area contributed by atoms with E-state index in [-0.39, 0.29) is 42.9 Å². The molecule has 2 amide bonds. The van der Waals surface area contributed by atoms with Crippen molar-refractivity contribution in [1.29, 1.82) is 0 Å². The van der Waals surface area contributed by atoms with Crippen molar-refractivity contribution in [3.63, 3.8) is 0 Å². The van der Waals surface area contributed by atoms with Crippen molar-refractivity contribution >= 4 is 17.5 Å². The lowest BCUT2D eigenvalue weighted by Gasteiger charge is -2.40. The van der Waals surface area contributed by atoms with Crippen molar-refractivity contribution < 1.29 is 28.9 Å². The van der Waals surface area contributed by atoms with Gasteiger partial charge in [-0.2, -0.15) is 0 Å². The van der Waals surface area contributed by atoms with E-state index < -0.39 is 18.1 Å². The fourth-order valence-electron chi connectivity index (χ4n) is 5.59. The molecule has 5 rings (SSSR count). The second-order valence-electron chi connectivity index (χ2n) is 9.92. The molecule has 2 bridgehead atoms. The summed E-state index contributed by atoms with van der Waals surface area (Å²) in [7, 11) is 0. The maximum atomic E-state index is 13.2. The van der Waals surface area contributed by atoms with Gasteiger partial charge in [-0.25, -0.2) is 0 Å². The van der Waals surface area contributed by atoms with Gasteiger partial charge in [0.2, 0.25) is 11.8 Å². The number of anilines is 1. The Morgan fingerprint density at radius 3 is 2.72 bits per heavy atom. The zero-order chi connectivity index (χ0) is 25.1. The standard InChI is InChI=1S/C28H34N2O6/c1-17(18-5-3-2-4-6-18)29-26(32)15-21-14-23-22-13-19(30-28(33)27(23)25(16-31)36-21)7-8-24(22)35-20-9-11-34-12-10-20/h2-8,13,17,20-21,23,25,27,31H,9-12,14-16H2,1H3,(H,29,32)(H,30,33)/t17-,21-,23+,25+,27-/m0/s1. The van der Waals surface area contributed by atoms with Crippen LogP contribution in [0.2, 0.25) is 0 Å². The first-order valence-corrected chi connectivity index (χ1v) is 12.8. The maximum Gasteiger partial charge on any atom is 0.230 e. The van der Waals surface area contributed by atoms with Gasteiger partial charge < -0.3 is 30.0 Å². The summed E-state index contributed by atoms with van der Waals surface area (Å²) in [6, 6.07) is 15.4. The number of hydrogen-bond acceptors (Lipinski definition) is 6. The molecule has 3 N–H and O–H groups in total. The van der Waals surface area contributed by atoms with Crippen molar-refractivity contribution in [2.75, 3.05) is 25.1 Å². The van der Waals surface area contributed by atoms with E-state index in [0.717, 1.165) is 29.7 Å². The number of rotatable bonds is 7. The summed E-state index contributed by atoms with van der Waals surface area (Å²) in [6.45, 7) is 2.98. The second kappa shape index (κ2) is 11.0. The van der Waals surface area contributed by atoms with Crippen molar-refractivity contribution in [3.05, 3.63) is 59.7 Å². The molecule has 5 atom stereocenters. The molecule has 8 heteroatoms. The first kappa shape index (κ1) is 24.7. The fourth-order valence-corrected chi connectivity index (χ4v) is 5.59. The highest BCUT2D eigenvalue weighted by atomic mass is 16.5. The number of benzene rings is 2. The summed E-state index contributed by atoms with van der Waals surface area (Å²) < 4.78 is 18.0. The molecule has 2 saturated heterocycles. The fraction of sp³-hybridized carbons (Fsp3) is 0.500. The highest BCUT2D eigenvalue weighted by Crippen LogP contribution is 2.46. The molecule has 2 aromatic carbocycles. The van der Waals surface area contributed by atoms with Gasteiger partial charge in [-0.05, 0) is 37.1 Å². The van der Waals surface area contributed by atoms with E-state index in [1.807, 2.05) is 55.5 Å². The predicted molar refractivity (Wildman–Crippen MR) is 134 cm³/mol. The summed E-state index contributed by atoms with van der Waals surface area (Å²) in [5.74, 6) is -0.376. The van der Waals surface area contributed by atoms with Gasteiger partial charge in [-0.1, -0.05) is 30.3 Å². The summed E-state index contributed by atoms with van der Waals surface area (Å²) in [5, 5.41) is 16.2. The first-order chi connectivity index (χ1) is 17.5. The largest absolute Gasteiger partial charge is 0.490 e. The van der Waals surface area contributed by atoms with E-state index in [1.54, 1.807) is 0 Å². The van der Waals surface area contributed by atoms with Gasteiger partial charge in [0.05, 0.1) is 50.4 Å². The van der Waals surface area contributed by atoms with Crippen LogP contribution < -0.4 is 15.4 Å². The number of fused-ring (bicyclic) bond motifs is 4. The molecular formula is C28H34N2O6. The molecular weight excluding hydrogens is 460 g/mol. The van der Waals surface area contributed by atoms with Crippen molar-refractivity contribution in [2.45, 2.75) is 62.9 Å². The third-order valence-corrected chi connectivity index (χ3v) is 7.43. The number of ether oxygens (including phenoxy) is 3. The minimum absolute atomic E-state index is 0.0562. The van der Waals surface area contributed by atoms with Crippen LogP contribution in [0, 0.1) is 5.92 Å². The van der Waals surface area contributed by atoms with Crippen LogP contribution in [0.25, 0.3) is 0 Å². The summed E-state index contributed by atoms with van der Waals surface area (Å²) in [4.78, 5) is 26.1. The molecule has 2 aromatic rings. The third-order valence-electron chi connectivity index (χ3n) is 7.43. The first-order valence-electron chi connectivity index (χ1n) is 12.8. The molecule has 192 valence electrons. The minimum Gasteiger partial charge on any atom is -0.490 e. The molecule has 8 nitrogen and oxygen atoms in total. The SMILES string of the molecule is C[C@H](NC(=O)C[C@@H]1C[C@@H]2c3cc(ccc3OC3CCOCC3)NC(=O)[C@@H]2[C@@H](CO)O1)c1ccccc1. The van der Waals surface area contributed by atoms with E-state index in [9.17, 15) is 14.7 Å². The maximum absolute atomic E-state index is 13.2. The Bertz CT molecular complexity index is 1070. The molecule has 0 spiro atoms. The summed E-state index contributed by atoms with van der Waals surface area (Å²) >= 11 is 0. The Balaban J connectivity index is 1.35. The monoisotopic (exact) mass is 494 g/mol. The van der Waals surface area contributed by atoms with E-state index in [0.29, 0.717) is 25.3 Å². The lowest BCUT2D eigenvalue weighted by molar-refractivity contribution is -0.148. The number of carbonyl (C=O) groups is 2. The quantitative estimate of drug-likeness (QED) is 0.545. The number of amides is 2. The van der Waals surface area contributed by atoms with Gasteiger partial charge in [0.25, 0.3) is 0 Å². The predicted octanol–water partition coefficient (Wildman–Crippen LogP) is 3.31. The topological polar surface area (TPSA) is 106 Å². The smallest absolute Gasteiger partial charge is 0.230 e. The molecule has 3 heterocycles. The van der Waals surface area contributed by atoms with Crippen LogP contribution in [0.3, 0.4) is 0 Å². The molecule has 3 aliphatic heterocycles. The number of aliphatic hydroxyl groups is 1. The molecule has 0 aromatic heterocycles. The van der Waals surface area contributed by atoms with Crippen molar-refractivity contribution in [2.24, 2.45) is 5.92 Å². The molecule has 0 aliphatic carbocycles. The molecule has 0 unspecified atom stereocenters. The molecule has 3 aliphatic rings. The molecule has 0 saturated carbocycles. The number of carbonyl (C=O) groups excluding carboxylic acids is 2. The number of hydrogen-bond donors (Lipinski definition) is 3. The average molecular weight is 495 g/mol. The molecule has 0 radical (unpaired) electrons. The molecule has 36 heavy (non-hydrogen) atoms. The van der Waals surface area contributed by atoms with Crippen LogP contribution >= 0.6 is 0 Å². The van der Waals surface area contributed by atoms with Gasteiger partial charge >= 0.3 is 0 Å². The van der Waals surface area contributed by atoms with Gasteiger partial charge in [-0.15, -0.1) is 0 Å². The van der Waals surface area contributed by atoms with Crippen LogP contribution in [0.5, 0.6) is 5.75 Å². The van der Waals surface area contributed by atoms with Gasteiger partial charge in [0.15, 0.2) is 0 Å². The summed E-state index contributed by atoms with van der Waals surface area (Å²) in [6.07, 6.45) is 1.17. The van der Waals surface area contributed by atoms with Crippen LogP contribution in [0.1, 0.15) is 55.7 Å². The second-order valence-corrected chi connectivity index (χ2v) is 9.92. The van der Waals surface area contributed by atoms with Crippen molar-refractivity contribution in [3.8, 4) is 5.75 Å². The van der Waals surface area contributed by atoms with Gasteiger partial charge in [0.1, 0.15) is 11.9 Å². The van der Waals surface area contributed by atoms with E-state index >= 15 is 0 Å². The van der Waals surface area contributed by atoms with E-state index in [4.69, 9.17) is 14.2 Å². The Hall–Kier alpha value is -2.94. The average Bonchev–Trinajstić information content (AvgIpc) is 3.00. The number of nitrogens with one attached hydrogen (secondary N) is 2. The lowest BCUT2D eigenvalue weighted by atomic mass is 9.76. The highest BCUT2D eigenvalue weighted by molar-refractivity contribution is 5.95. The van der Waals surface area contributed by atoms with Gasteiger partial charge in [0, 0.05) is 30.0 Å². The van der Waals surface area contributed by atoms with Crippen LogP contribution in [0.4, 0.5) is 5.69 Å². The molecule has 2 fully saturated rings. The van der Waals surface area contributed by atoms with Crippen LogP contribution in [-0.4, -0.2) is 55.1 Å². The Morgan fingerprint density at radius 2 is 1.97 bits per heavy atom. The minimum atomic E-state index is -0.710. The lowest BCUT2D eigenvalue weighted by Crippen LogP contribution is -2.48. The highest BCUT2D eigenvalue weighted by Gasteiger charge is 2.46. The zero-order valence-electron chi connectivity index (χ0n) is 20.5. The Morgan fingerprint density at radius 1 is 1.19 bits per heavy atom. The third kappa shape index (κ3) is 5.40. The van der Waals surface area contributed by atoms with E-state index in [2.05, 4.69) is 10.6 Å². The zero-order valence-corrected chi connectivity index (χ0v) is 20.5. The van der Waals surface area contributed by atoms with Crippen LogP contribution in [0.15, 0.2) is 48.5 Å².